The van der Waals surface area contributed by atoms with E-state index >= 15 is 0 Å². The number of anilines is 3. The zero-order valence-electron chi connectivity index (χ0n) is 16.6. The number of rotatable bonds is 5. The molecule has 1 fully saturated rings. The van der Waals surface area contributed by atoms with E-state index in [4.69, 9.17) is 11.5 Å². The molecule has 2 atom stereocenters. The largest absolute Gasteiger partial charge is 0.379 e. The minimum atomic E-state index is -0.609. The van der Waals surface area contributed by atoms with Crippen molar-refractivity contribution in [1.82, 2.24) is 19.6 Å². The summed E-state index contributed by atoms with van der Waals surface area (Å²) in [6.07, 6.45) is 5.94. The van der Waals surface area contributed by atoms with Gasteiger partial charge in [-0.15, -0.1) is 5.10 Å². The Kier molecular flexibility index (Phi) is 5.06. The Morgan fingerprint density at radius 1 is 1.21 bits per heavy atom. The topological polar surface area (TPSA) is 136 Å². The second-order valence-corrected chi connectivity index (χ2v) is 7.65. The molecule has 152 valence electrons. The van der Waals surface area contributed by atoms with E-state index in [9.17, 15) is 4.79 Å². The lowest BCUT2D eigenvalue weighted by Gasteiger charge is -2.30. The number of hydrogen-bond donors (Lipinski definition) is 4. The first kappa shape index (κ1) is 19.1. The molecule has 0 radical (unpaired) electrons. The molecule has 0 aliphatic heterocycles. The molecule has 1 aliphatic rings. The zero-order valence-corrected chi connectivity index (χ0v) is 16.6. The number of pyridine rings is 1. The smallest absolute Gasteiger partial charge is 0.269 e. The fourth-order valence-electron chi connectivity index (χ4n) is 3.87. The summed E-state index contributed by atoms with van der Waals surface area (Å²) in [5, 5.41) is 11.2. The number of nitrogens with zero attached hydrogens (tertiary/aromatic N) is 4. The highest BCUT2D eigenvalue weighted by Crippen LogP contribution is 2.26. The molecule has 0 saturated heterocycles. The summed E-state index contributed by atoms with van der Waals surface area (Å²) in [5.74, 6) is -0.0515. The fourth-order valence-corrected chi connectivity index (χ4v) is 3.87. The van der Waals surface area contributed by atoms with E-state index in [1.165, 1.54) is 0 Å². The lowest BCUT2D eigenvalue weighted by atomic mass is 9.91. The standard InChI is InChI=1S/C20H26N8O/c1-11-7-12(2)28-18(24-11)9-17(27-28)26-16-8-13(10-23-19(16)20(22)29)25-15-6-4-3-5-14(15)21/h7-10,14-15,25H,3-6,21H2,1-2H3,(H2,22,29)(H,26,27)/t14-,15+/m0/s1. The Bertz CT molecular complexity index is 1060. The van der Waals surface area contributed by atoms with Crippen molar-refractivity contribution in [1.29, 1.82) is 0 Å². The van der Waals surface area contributed by atoms with Crippen molar-refractivity contribution in [3.63, 3.8) is 0 Å². The maximum atomic E-state index is 11.9. The molecule has 9 heteroatoms. The first-order valence-corrected chi connectivity index (χ1v) is 9.84. The van der Waals surface area contributed by atoms with Gasteiger partial charge in [0.1, 0.15) is 0 Å². The number of primary amides is 1. The molecule has 3 heterocycles. The maximum absolute atomic E-state index is 11.9. The van der Waals surface area contributed by atoms with E-state index in [0.29, 0.717) is 11.5 Å². The number of carbonyl (C=O) groups excluding carboxylic acids is 1. The van der Waals surface area contributed by atoms with Gasteiger partial charge in [-0.2, -0.15) is 0 Å². The van der Waals surface area contributed by atoms with Gasteiger partial charge < -0.3 is 22.1 Å². The second kappa shape index (κ2) is 7.67. The van der Waals surface area contributed by atoms with Crippen molar-refractivity contribution in [3.05, 3.63) is 41.5 Å². The molecule has 29 heavy (non-hydrogen) atoms. The van der Waals surface area contributed by atoms with E-state index in [1.807, 2.05) is 32.0 Å². The summed E-state index contributed by atoms with van der Waals surface area (Å²) < 4.78 is 1.75. The molecule has 4 rings (SSSR count). The van der Waals surface area contributed by atoms with Crippen molar-refractivity contribution in [2.24, 2.45) is 11.5 Å². The van der Waals surface area contributed by atoms with Crippen LogP contribution in [0.25, 0.3) is 5.65 Å². The quantitative estimate of drug-likeness (QED) is 0.521. The van der Waals surface area contributed by atoms with E-state index in [1.54, 1.807) is 10.7 Å². The number of aryl methyl sites for hydroxylation is 2. The summed E-state index contributed by atoms with van der Waals surface area (Å²) in [4.78, 5) is 20.6. The predicted molar refractivity (Wildman–Crippen MR) is 112 cm³/mol. The lowest BCUT2D eigenvalue weighted by Crippen LogP contribution is -2.42. The summed E-state index contributed by atoms with van der Waals surface area (Å²) in [6.45, 7) is 3.90. The molecule has 9 nitrogen and oxygen atoms in total. The van der Waals surface area contributed by atoms with Crippen molar-refractivity contribution in [2.75, 3.05) is 10.6 Å². The van der Waals surface area contributed by atoms with E-state index in [0.717, 1.165) is 48.4 Å². The molecule has 0 bridgehead atoms. The highest BCUT2D eigenvalue weighted by molar-refractivity contribution is 5.97. The van der Waals surface area contributed by atoms with Gasteiger partial charge in [0, 0.05) is 29.5 Å². The van der Waals surface area contributed by atoms with Gasteiger partial charge in [-0.1, -0.05) is 12.8 Å². The van der Waals surface area contributed by atoms with Gasteiger partial charge in [-0.3, -0.25) is 4.79 Å². The fraction of sp³-hybridized carbons (Fsp3) is 0.400. The number of hydrogen-bond acceptors (Lipinski definition) is 7. The number of carbonyl (C=O) groups is 1. The van der Waals surface area contributed by atoms with Crippen LogP contribution in [0.2, 0.25) is 0 Å². The van der Waals surface area contributed by atoms with Crippen LogP contribution in [0, 0.1) is 13.8 Å². The molecular formula is C20H26N8O. The van der Waals surface area contributed by atoms with Gasteiger partial charge in [0.2, 0.25) is 0 Å². The number of nitrogens with one attached hydrogen (secondary N) is 2. The van der Waals surface area contributed by atoms with Crippen LogP contribution in [0.4, 0.5) is 17.2 Å². The van der Waals surface area contributed by atoms with Gasteiger partial charge in [-0.05, 0) is 38.8 Å². The van der Waals surface area contributed by atoms with E-state index in [2.05, 4.69) is 25.7 Å². The molecule has 3 aromatic rings. The lowest BCUT2D eigenvalue weighted by molar-refractivity contribution is 0.0996. The molecule has 1 aliphatic carbocycles. The van der Waals surface area contributed by atoms with Gasteiger partial charge in [-0.25, -0.2) is 14.5 Å². The first-order valence-electron chi connectivity index (χ1n) is 9.84. The first-order chi connectivity index (χ1) is 13.9. The van der Waals surface area contributed by atoms with Crippen LogP contribution in [0.15, 0.2) is 24.4 Å². The summed E-state index contributed by atoms with van der Waals surface area (Å²) in [5.41, 5.74) is 15.8. The SMILES string of the molecule is Cc1cc(C)n2nc(Nc3cc(N[C@@H]4CCCC[C@@H]4N)cnc3C(N)=O)cc2n1. The van der Waals surface area contributed by atoms with Crippen molar-refractivity contribution >= 4 is 28.7 Å². The predicted octanol–water partition coefficient (Wildman–Crippen LogP) is 2.27. The van der Waals surface area contributed by atoms with Crippen LogP contribution in [0.5, 0.6) is 0 Å². The third-order valence-electron chi connectivity index (χ3n) is 5.29. The number of fused-ring (bicyclic) bond motifs is 1. The second-order valence-electron chi connectivity index (χ2n) is 7.65. The minimum Gasteiger partial charge on any atom is -0.379 e. The zero-order chi connectivity index (χ0) is 20.5. The number of aromatic nitrogens is 4. The molecule has 0 aromatic carbocycles. The van der Waals surface area contributed by atoms with Gasteiger partial charge in [0.25, 0.3) is 5.91 Å². The van der Waals surface area contributed by atoms with E-state index in [-0.39, 0.29) is 17.8 Å². The Morgan fingerprint density at radius 3 is 2.76 bits per heavy atom. The summed E-state index contributed by atoms with van der Waals surface area (Å²) in [6, 6.07) is 5.89. The number of nitrogens with two attached hydrogens (primary N) is 2. The monoisotopic (exact) mass is 394 g/mol. The Labute approximate surface area is 168 Å². The Balaban J connectivity index is 1.64. The van der Waals surface area contributed by atoms with Crippen molar-refractivity contribution < 1.29 is 4.79 Å². The van der Waals surface area contributed by atoms with Gasteiger partial charge in [0.05, 0.1) is 17.6 Å². The average Bonchev–Trinajstić information content (AvgIpc) is 3.06. The van der Waals surface area contributed by atoms with Crippen LogP contribution in [0.3, 0.4) is 0 Å². The Morgan fingerprint density at radius 2 is 2.00 bits per heavy atom. The van der Waals surface area contributed by atoms with Crippen LogP contribution in [0.1, 0.15) is 47.6 Å². The third kappa shape index (κ3) is 4.00. The van der Waals surface area contributed by atoms with Crippen LogP contribution in [-0.4, -0.2) is 37.6 Å². The van der Waals surface area contributed by atoms with Crippen LogP contribution >= 0.6 is 0 Å². The average molecular weight is 394 g/mol. The van der Waals surface area contributed by atoms with Gasteiger partial charge in [0.15, 0.2) is 17.2 Å². The number of amides is 1. The maximum Gasteiger partial charge on any atom is 0.269 e. The normalized spacial score (nSPS) is 19.3. The molecule has 0 spiro atoms. The van der Waals surface area contributed by atoms with Crippen LogP contribution < -0.4 is 22.1 Å². The molecule has 6 N–H and O–H groups in total. The summed E-state index contributed by atoms with van der Waals surface area (Å²) >= 11 is 0. The Hall–Kier alpha value is -3.20. The highest BCUT2D eigenvalue weighted by atomic mass is 16.1. The summed E-state index contributed by atoms with van der Waals surface area (Å²) in [7, 11) is 0. The highest BCUT2D eigenvalue weighted by Gasteiger charge is 2.22. The molecular weight excluding hydrogens is 368 g/mol. The van der Waals surface area contributed by atoms with Gasteiger partial charge >= 0.3 is 0 Å². The van der Waals surface area contributed by atoms with Crippen molar-refractivity contribution in [3.8, 4) is 0 Å². The minimum absolute atomic E-state index is 0.103. The van der Waals surface area contributed by atoms with Crippen LogP contribution in [-0.2, 0) is 0 Å². The molecule has 3 aromatic heterocycles. The van der Waals surface area contributed by atoms with E-state index < -0.39 is 5.91 Å². The van der Waals surface area contributed by atoms with Crippen molar-refractivity contribution in [2.45, 2.75) is 51.6 Å². The molecule has 0 unspecified atom stereocenters. The molecule has 1 amide bonds. The third-order valence-corrected chi connectivity index (χ3v) is 5.29. The molecule has 1 saturated carbocycles.